The van der Waals surface area contributed by atoms with E-state index in [2.05, 4.69) is 11.4 Å². The molecule has 0 saturated carbocycles. The summed E-state index contributed by atoms with van der Waals surface area (Å²) in [5.41, 5.74) is 2.85. The molecule has 1 aromatic heterocycles. The Morgan fingerprint density at radius 1 is 1.13 bits per heavy atom. The van der Waals surface area contributed by atoms with Crippen molar-refractivity contribution in [3.05, 3.63) is 51.4 Å². The van der Waals surface area contributed by atoms with Crippen LogP contribution in [0.1, 0.15) is 59.6 Å². The number of nitrogens with one attached hydrogen (secondary N) is 1. The Kier molecular flexibility index (Phi) is 6.55. The Bertz CT molecular complexity index is 1020. The predicted octanol–water partition coefficient (Wildman–Crippen LogP) is 4.48. The van der Waals surface area contributed by atoms with Gasteiger partial charge in [0.05, 0.1) is 5.56 Å². The summed E-state index contributed by atoms with van der Waals surface area (Å²) in [6.45, 7) is 11.9. The molecule has 1 N–H and O–H groups in total. The van der Waals surface area contributed by atoms with Gasteiger partial charge in [0.1, 0.15) is 5.00 Å². The zero-order chi connectivity index (χ0) is 22.9. The molecule has 0 spiro atoms. The second-order valence-electron chi connectivity index (χ2n) is 9.02. The maximum absolute atomic E-state index is 13.0. The number of carbonyl (C=O) groups excluding carboxylic acids is 3. The first-order valence-corrected chi connectivity index (χ1v) is 11.3. The molecule has 0 radical (unpaired) electrons. The number of thiophene rings is 1. The number of nitrogens with zero attached hydrogens (tertiary/aromatic N) is 1. The highest BCUT2D eigenvalue weighted by Gasteiger charge is 2.31. The highest BCUT2D eigenvalue weighted by Crippen LogP contribution is 2.34. The number of fused-ring (bicyclic) bond motifs is 1. The molecule has 1 atom stereocenters. The number of hydrogen-bond donors (Lipinski definition) is 1. The molecule has 166 valence electrons. The zero-order valence-electron chi connectivity index (χ0n) is 19.0. The first-order chi connectivity index (χ1) is 14.5. The van der Waals surface area contributed by atoms with Gasteiger partial charge in [-0.25, -0.2) is 4.79 Å². The summed E-state index contributed by atoms with van der Waals surface area (Å²) < 4.78 is 5.57. The Morgan fingerprint density at radius 3 is 2.42 bits per heavy atom. The van der Waals surface area contributed by atoms with E-state index >= 15 is 0 Å². The summed E-state index contributed by atoms with van der Waals surface area (Å²) in [5, 5.41) is 3.32. The summed E-state index contributed by atoms with van der Waals surface area (Å²) in [5.74, 6) is -0.990. The van der Waals surface area contributed by atoms with Crippen LogP contribution >= 0.6 is 11.3 Å². The normalized spacial score (nSPS) is 14.6. The molecule has 0 bridgehead atoms. The number of benzene rings is 1. The van der Waals surface area contributed by atoms with E-state index in [-0.39, 0.29) is 11.8 Å². The third-order valence-electron chi connectivity index (χ3n) is 5.57. The largest absolute Gasteiger partial charge is 0.449 e. The van der Waals surface area contributed by atoms with Gasteiger partial charge in [-0.05, 0) is 43.9 Å². The monoisotopic (exact) mass is 442 g/mol. The third-order valence-corrected chi connectivity index (χ3v) is 6.69. The fraction of sp³-hybridized carbons (Fsp3) is 0.458. The lowest BCUT2D eigenvalue weighted by Crippen LogP contribution is -2.42. The lowest BCUT2D eigenvalue weighted by atomic mass is 9.96. The number of ether oxygens (including phenoxy) is 1. The number of carbonyl (C=O) groups is 3. The van der Waals surface area contributed by atoms with Crippen LogP contribution in [0.5, 0.6) is 0 Å². The van der Waals surface area contributed by atoms with Gasteiger partial charge in [-0.3, -0.25) is 9.59 Å². The van der Waals surface area contributed by atoms with Gasteiger partial charge in [0.25, 0.3) is 5.91 Å². The Hall–Kier alpha value is -2.67. The highest BCUT2D eigenvalue weighted by atomic mass is 32.1. The number of aryl methyl sites for hydroxylation is 1. The summed E-state index contributed by atoms with van der Waals surface area (Å²) in [7, 11) is 0. The van der Waals surface area contributed by atoms with Crippen LogP contribution in [0.2, 0.25) is 0 Å². The Labute approximate surface area is 187 Å². The van der Waals surface area contributed by atoms with Crippen LogP contribution in [-0.2, 0) is 27.3 Å². The number of rotatable bonds is 4. The number of esters is 1. The summed E-state index contributed by atoms with van der Waals surface area (Å²) in [4.78, 5) is 41.0. The van der Waals surface area contributed by atoms with Crippen molar-refractivity contribution >= 4 is 34.1 Å². The molecule has 2 amide bonds. The molecule has 3 rings (SSSR count). The lowest BCUT2D eigenvalue weighted by molar-refractivity contribution is -0.140. The third kappa shape index (κ3) is 4.98. The molecule has 31 heavy (non-hydrogen) atoms. The quantitative estimate of drug-likeness (QED) is 0.709. The lowest BCUT2D eigenvalue weighted by Gasteiger charge is -2.30. The molecule has 0 saturated heterocycles. The van der Waals surface area contributed by atoms with Crippen molar-refractivity contribution in [1.82, 2.24) is 4.90 Å². The van der Waals surface area contributed by atoms with Crippen molar-refractivity contribution in [3.63, 3.8) is 0 Å². The first kappa shape index (κ1) is 23.0. The average Bonchev–Trinajstić information content (AvgIpc) is 2.99. The van der Waals surface area contributed by atoms with Gasteiger partial charge in [0.15, 0.2) is 6.10 Å². The Balaban J connectivity index is 1.73. The fourth-order valence-corrected chi connectivity index (χ4v) is 4.51. The van der Waals surface area contributed by atoms with Crippen LogP contribution in [0, 0.1) is 19.3 Å². The highest BCUT2D eigenvalue weighted by molar-refractivity contribution is 7.16. The van der Waals surface area contributed by atoms with Crippen molar-refractivity contribution < 1.29 is 19.1 Å². The van der Waals surface area contributed by atoms with Gasteiger partial charge >= 0.3 is 5.97 Å². The molecule has 1 aliphatic heterocycles. The standard InChI is InChI=1S/C24H30N2O4S/c1-14-16(3)31-20(25-23(29)24(4,5)6)19(14)22(28)30-15(2)21(27)26-12-11-17-9-7-8-10-18(17)13-26/h7-10,15H,11-13H2,1-6H3,(H,25,29). The van der Waals surface area contributed by atoms with Crippen LogP contribution in [-0.4, -0.2) is 35.3 Å². The van der Waals surface area contributed by atoms with Crippen LogP contribution in [0.25, 0.3) is 0 Å². The molecule has 1 aromatic carbocycles. The van der Waals surface area contributed by atoms with Crippen LogP contribution < -0.4 is 5.32 Å². The molecule has 7 heteroatoms. The minimum absolute atomic E-state index is 0.182. The molecule has 1 unspecified atom stereocenters. The van der Waals surface area contributed by atoms with Crippen LogP contribution in [0.15, 0.2) is 24.3 Å². The van der Waals surface area contributed by atoms with E-state index < -0.39 is 17.5 Å². The second kappa shape index (κ2) is 8.83. The minimum atomic E-state index is -0.913. The van der Waals surface area contributed by atoms with E-state index in [4.69, 9.17) is 4.74 Å². The van der Waals surface area contributed by atoms with E-state index in [1.54, 1.807) is 11.8 Å². The number of amides is 2. The fourth-order valence-electron chi connectivity index (χ4n) is 3.46. The van der Waals surface area contributed by atoms with Crippen molar-refractivity contribution in [2.45, 2.75) is 60.6 Å². The van der Waals surface area contributed by atoms with Gasteiger partial charge in [-0.2, -0.15) is 0 Å². The molecular formula is C24H30N2O4S. The van der Waals surface area contributed by atoms with Crippen molar-refractivity contribution in [2.24, 2.45) is 5.41 Å². The molecular weight excluding hydrogens is 412 g/mol. The first-order valence-electron chi connectivity index (χ1n) is 10.5. The minimum Gasteiger partial charge on any atom is -0.449 e. The summed E-state index contributed by atoms with van der Waals surface area (Å²) >= 11 is 1.34. The molecule has 2 heterocycles. The molecule has 6 nitrogen and oxygen atoms in total. The van der Waals surface area contributed by atoms with E-state index in [0.717, 1.165) is 22.4 Å². The summed E-state index contributed by atoms with van der Waals surface area (Å²) in [6, 6.07) is 8.07. The number of hydrogen-bond acceptors (Lipinski definition) is 5. The van der Waals surface area contributed by atoms with Crippen molar-refractivity contribution in [2.75, 3.05) is 11.9 Å². The zero-order valence-corrected chi connectivity index (χ0v) is 19.8. The molecule has 1 aliphatic rings. The van der Waals surface area contributed by atoms with Crippen molar-refractivity contribution in [1.29, 1.82) is 0 Å². The van der Waals surface area contributed by atoms with Crippen LogP contribution in [0.4, 0.5) is 5.00 Å². The van der Waals surface area contributed by atoms with Gasteiger partial charge < -0.3 is 15.0 Å². The average molecular weight is 443 g/mol. The molecule has 0 aliphatic carbocycles. The second-order valence-corrected chi connectivity index (χ2v) is 10.2. The van der Waals surface area contributed by atoms with E-state index in [1.807, 2.05) is 52.8 Å². The van der Waals surface area contributed by atoms with Crippen LogP contribution in [0.3, 0.4) is 0 Å². The van der Waals surface area contributed by atoms with Gasteiger partial charge in [-0.1, -0.05) is 45.0 Å². The van der Waals surface area contributed by atoms with E-state index in [9.17, 15) is 14.4 Å². The van der Waals surface area contributed by atoms with Crippen molar-refractivity contribution in [3.8, 4) is 0 Å². The van der Waals surface area contributed by atoms with Gasteiger partial charge in [-0.15, -0.1) is 11.3 Å². The smallest absolute Gasteiger partial charge is 0.342 e. The van der Waals surface area contributed by atoms with E-state index in [0.29, 0.717) is 23.7 Å². The molecule has 2 aromatic rings. The predicted molar refractivity (Wildman–Crippen MR) is 122 cm³/mol. The maximum Gasteiger partial charge on any atom is 0.342 e. The van der Waals surface area contributed by atoms with E-state index in [1.165, 1.54) is 16.9 Å². The van der Waals surface area contributed by atoms with Gasteiger partial charge in [0.2, 0.25) is 5.91 Å². The SMILES string of the molecule is Cc1sc(NC(=O)C(C)(C)C)c(C(=O)OC(C)C(=O)N2CCc3ccccc3C2)c1C. The topological polar surface area (TPSA) is 75.7 Å². The Morgan fingerprint density at radius 2 is 1.77 bits per heavy atom. The van der Waals surface area contributed by atoms with Gasteiger partial charge in [0, 0.05) is 23.4 Å². The number of anilines is 1. The summed E-state index contributed by atoms with van der Waals surface area (Å²) in [6.07, 6.45) is -0.127. The maximum atomic E-state index is 13.0. The molecule has 0 fully saturated rings.